The van der Waals surface area contributed by atoms with Gasteiger partial charge in [0.1, 0.15) is 5.75 Å². The van der Waals surface area contributed by atoms with Gasteiger partial charge in [-0.3, -0.25) is 4.98 Å². The monoisotopic (exact) mass is 813 g/mol. The van der Waals surface area contributed by atoms with Crippen LogP contribution >= 0.6 is 18.8 Å². The molecular weight excluding hydrogens is 762 g/mol. The number of aryl methyl sites for hydroxylation is 1. The van der Waals surface area contributed by atoms with Crippen LogP contribution in [0.15, 0.2) is 42.6 Å². The van der Waals surface area contributed by atoms with Crippen LogP contribution in [0.1, 0.15) is 113 Å². The summed E-state index contributed by atoms with van der Waals surface area (Å²) in [5, 5.41) is 35.9. The predicted molar refractivity (Wildman–Crippen MR) is 173 cm³/mol. The molecule has 0 saturated heterocycles. The predicted octanol–water partition coefficient (Wildman–Crippen LogP) is 8.27. The number of hydrogen-bond acceptors (Lipinski definition) is 5. The van der Waals surface area contributed by atoms with Crippen molar-refractivity contribution >= 4 is 18.8 Å². The van der Waals surface area contributed by atoms with Crippen LogP contribution in [0.3, 0.4) is 0 Å². The molecule has 8 heteroatoms. The Bertz CT molecular complexity index is 1110. The van der Waals surface area contributed by atoms with Crippen molar-refractivity contribution in [1.82, 2.24) is 10.3 Å². The van der Waals surface area contributed by atoms with Crippen LogP contribution in [0.5, 0.6) is 5.75 Å². The Kier molecular flexibility index (Phi) is 14.1. The van der Waals surface area contributed by atoms with Gasteiger partial charge in [-0.2, -0.15) is 0 Å². The molecule has 0 aliphatic heterocycles. The summed E-state index contributed by atoms with van der Waals surface area (Å²) in [7, 11) is 9.75. The van der Waals surface area contributed by atoms with Crippen LogP contribution in [-0.2, 0) is 29.4 Å². The van der Waals surface area contributed by atoms with Crippen LogP contribution in [0, 0.1) is 22.7 Å². The van der Waals surface area contributed by atoms with Crippen LogP contribution in [0.25, 0.3) is 0 Å². The fraction of sp³-hybridized carbons (Fsp3) is 0.686. The molecule has 2 aromatic rings. The molecule has 1 heterocycles. The van der Waals surface area contributed by atoms with Crippen LogP contribution < -0.4 is 5.32 Å². The van der Waals surface area contributed by atoms with Gasteiger partial charge in [-0.25, -0.2) is 0 Å². The van der Waals surface area contributed by atoms with E-state index in [0.717, 1.165) is 63.7 Å². The van der Waals surface area contributed by atoms with E-state index in [1.165, 1.54) is 56.1 Å². The van der Waals surface area contributed by atoms with Gasteiger partial charge in [0, 0.05) is 18.2 Å². The fourth-order valence-corrected chi connectivity index (χ4v) is 8.87. The fourth-order valence-electron chi connectivity index (χ4n) is 8.87. The van der Waals surface area contributed by atoms with Crippen molar-refractivity contribution in [2.24, 2.45) is 22.7 Å². The van der Waals surface area contributed by atoms with E-state index in [4.69, 9.17) is 18.8 Å². The molecule has 3 aliphatic rings. The number of aliphatic hydroxyl groups is 2. The van der Waals surface area contributed by atoms with Gasteiger partial charge in [0.15, 0.2) is 0 Å². The summed E-state index contributed by atoms with van der Waals surface area (Å²) >= 11 is -0.472. The average molecular weight is 815 g/mol. The van der Waals surface area contributed by atoms with Gasteiger partial charge >= 0.3 is 35.3 Å². The molecule has 43 heavy (non-hydrogen) atoms. The number of halogens is 2. The van der Waals surface area contributed by atoms with E-state index in [1.54, 1.807) is 0 Å². The van der Waals surface area contributed by atoms with Gasteiger partial charge in [0.25, 0.3) is 0 Å². The minimum absolute atomic E-state index is 0.0925. The molecule has 244 valence electrons. The van der Waals surface area contributed by atoms with Crippen molar-refractivity contribution in [3.8, 4) is 5.75 Å². The van der Waals surface area contributed by atoms with E-state index in [1.807, 2.05) is 30.5 Å². The number of aromatic nitrogens is 1. The summed E-state index contributed by atoms with van der Waals surface area (Å²) in [5.74, 6) is 1.94. The van der Waals surface area contributed by atoms with E-state index in [0.29, 0.717) is 23.5 Å². The third-order valence-electron chi connectivity index (χ3n) is 11.1. The van der Waals surface area contributed by atoms with Gasteiger partial charge < -0.3 is 20.6 Å². The van der Waals surface area contributed by atoms with Gasteiger partial charge in [-0.05, 0) is 110 Å². The number of nitrogens with zero attached hydrogens (tertiary/aromatic N) is 1. The number of unbranched alkanes of at least 4 members (excludes halogenated alkanes) is 7. The first-order valence-corrected chi connectivity index (χ1v) is 22.1. The summed E-state index contributed by atoms with van der Waals surface area (Å²) < 4.78 is 0. The number of nitrogens with one attached hydrogen (secondary N) is 1. The van der Waals surface area contributed by atoms with Gasteiger partial charge in [0.05, 0.1) is 18.4 Å². The number of benzene rings is 1. The molecule has 5 rings (SSSR count). The number of pyridine rings is 1. The van der Waals surface area contributed by atoms with Crippen molar-refractivity contribution in [1.29, 1.82) is 0 Å². The molecule has 0 spiro atoms. The summed E-state index contributed by atoms with van der Waals surface area (Å²) in [4.78, 5) is 4.35. The van der Waals surface area contributed by atoms with Gasteiger partial charge in [-0.1, -0.05) is 64.0 Å². The summed E-state index contributed by atoms with van der Waals surface area (Å²) in [6, 6.07) is 12.0. The first-order chi connectivity index (χ1) is 20.9. The first kappa shape index (κ1) is 35.2. The standard InChI is InChI=1S/C35H52N2O3.2ClH.Pt/c1-34-19-17-30-29-16-14-28(39)22-26(29)13-15-31(30)32(34)23-35(25-38,33(34)40)18-9-6-4-2-3-5-7-10-20-36-24-27-12-8-11-21-37-27;;;/h8,11-12,14,16,21-22,30-33,36,38-40H,2-7,9-10,13,15,17-20,23-25H2,1H3;2*1H;/q;;;+2/p-2/t30?,31?,32?,33-,34+,35-;;;/m1.../s1. The molecule has 3 aliphatic carbocycles. The Morgan fingerprint density at radius 3 is 2.42 bits per heavy atom. The molecule has 2 saturated carbocycles. The van der Waals surface area contributed by atoms with Crippen molar-refractivity contribution < 1.29 is 31.8 Å². The maximum absolute atomic E-state index is 11.7. The number of aliphatic hydroxyl groups excluding tert-OH is 2. The summed E-state index contributed by atoms with van der Waals surface area (Å²) in [5.41, 5.74) is 3.41. The third kappa shape index (κ3) is 8.78. The zero-order valence-electron chi connectivity index (χ0n) is 25.7. The number of fused-ring (bicyclic) bond motifs is 5. The Balaban J connectivity index is 0.00000135. The molecule has 0 amide bonds. The number of hydrogen-bond donors (Lipinski definition) is 4. The van der Waals surface area contributed by atoms with E-state index >= 15 is 0 Å². The number of phenols is 1. The van der Waals surface area contributed by atoms with Gasteiger partial charge in [-0.15, -0.1) is 0 Å². The van der Waals surface area contributed by atoms with Crippen LogP contribution in [0.2, 0.25) is 0 Å². The number of phenolic OH excluding ortho intramolecular Hbond substituents is 1. The zero-order chi connectivity index (χ0) is 30.7. The van der Waals surface area contributed by atoms with Crippen molar-refractivity contribution in [3.63, 3.8) is 0 Å². The molecule has 6 atom stereocenters. The van der Waals surface area contributed by atoms with Crippen molar-refractivity contribution in [3.05, 3.63) is 59.4 Å². The normalized spacial score (nSPS) is 29.3. The SMILES string of the molecule is C[C@]12CCC3c4ccc(O)cc4CCC3C1C[C@@](CO)(CCCCCCCCCCNCc1ccccn1)[C@@H]2O.[Cl][Pt][Cl]. The molecule has 1 aromatic carbocycles. The molecule has 0 radical (unpaired) electrons. The summed E-state index contributed by atoms with van der Waals surface area (Å²) in [6.45, 7) is 4.33. The molecule has 5 nitrogen and oxygen atoms in total. The molecule has 3 unspecified atom stereocenters. The maximum atomic E-state index is 11.7. The van der Waals surface area contributed by atoms with Crippen molar-refractivity contribution in [2.45, 2.75) is 115 Å². The molecule has 2 fully saturated rings. The topological polar surface area (TPSA) is 85.6 Å². The Morgan fingerprint density at radius 2 is 1.72 bits per heavy atom. The Labute approximate surface area is 276 Å². The molecule has 0 bridgehead atoms. The third-order valence-corrected chi connectivity index (χ3v) is 11.1. The Hall–Kier alpha value is -0.682. The Morgan fingerprint density at radius 1 is 1.00 bits per heavy atom. The van der Waals surface area contributed by atoms with Crippen LogP contribution in [0.4, 0.5) is 0 Å². The molecule has 1 aromatic heterocycles. The number of aromatic hydroxyl groups is 1. The second kappa shape index (κ2) is 17.3. The van der Waals surface area contributed by atoms with Crippen molar-refractivity contribution in [2.75, 3.05) is 13.2 Å². The van der Waals surface area contributed by atoms with E-state index in [9.17, 15) is 15.3 Å². The number of rotatable bonds is 14. The summed E-state index contributed by atoms with van der Waals surface area (Å²) in [6.07, 6.45) is 17.6. The van der Waals surface area contributed by atoms with Crippen LogP contribution in [-0.4, -0.2) is 39.6 Å². The minimum atomic E-state index is -0.472. The van der Waals surface area contributed by atoms with E-state index in [2.05, 4.69) is 29.4 Å². The quantitative estimate of drug-likeness (QED) is 0.145. The van der Waals surface area contributed by atoms with E-state index < -0.39 is 22.6 Å². The second-order valence-corrected chi connectivity index (χ2v) is 16.9. The molecular formula is C35H52Cl2N2O3Pt. The van der Waals surface area contributed by atoms with Gasteiger partial charge in [0.2, 0.25) is 0 Å². The average Bonchev–Trinajstić information content (AvgIpc) is 3.25. The molecule has 4 N–H and O–H groups in total. The zero-order valence-corrected chi connectivity index (χ0v) is 29.5. The second-order valence-electron chi connectivity index (χ2n) is 13.6. The first-order valence-electron chi connectivity index (χ1n) is 16.4. The van der Waals surface area contributed by atoms with E-state index in [-0.39, 0.29) is 17.4 Å².